The number of alkyl halides is 3. The Bertz CT molecular complexity index is 666. The Labute approximate surface area is 118 Å². The quantitative estimate of drug-likeness (QED) is 0.876. The third kappa shape index (κ3) is 3.47. The van der Waals surface area contributed by atoms with Gasteiger partial charge in [0.2, 0.25) is 0 Å². The summed E-state index contributed by atoms with van der Waals surface area (Å²) < 4.78 is 38.9. The van der Waals surface area contributed by atoms with Gasteiger partial charge in [-0.3, -0.25) is 9.59 Å². The van der Waals surface area contributed by atoms with Crippen molar-refractivity contribution in [3.05, 3.63) is 65.2 Å². The lowest BCUT2D eigenvalue weighted by molar-refractivity contribution is -0.136. The van der Waals surface area contributed by atoms with Gasteiger partial charge in [-0.15, -0.1) is 0 Å². The molecule has 6 heteroatoms. The number of carbonyl (C=O) groups is 2. The van der Waals surface area contributed by atoms with Crippen LogP contribution in [0.3, 0.4) is 0 Å². The predicted octanol–water partition coefficient (Wildman–Crippen LogP) is 3.77. The van der Waals surface area contributed by atoms with Crippen molar-refractivity contribution in [1.82, 2.24) is 0 Å². The van der Waals surface area contributed by atoms with E-state index in [4.69, 9.17) is 0 Å². The summed E-state index contributed by atoms with van der Waals surface area (Å²) in [6, 6.07) is 10.9. The fourth-order valence-corrected chi connectivity index (χ4v) is 1.76. The highest BCUT2D eigenvalue weighted by Crippen LogP contribution is 2.35. The van der Waals surface area contributed by atoms with Gasteiger partial charge in [0.25, 0.3) is 5.91 Å². The molecule has 0 aliphatic heterocycles. The molecule has 0 saturated heterocycles. The van der Waals surface area contributed by atoms with Crippen molar-refractivity contribution in [1.29, 1.82) is 0 Å². The predicted molar refractivity (Wildman–Crippen MR) is 71.2 cm³/mol. The third-order valence-electron chi connectivity index (χ3n) is 2.77. The van der Waals surface area contributed by atoms with Crippen LogP contribution in [0.25, 0.3) is 0 Å². The van der Waals surface area contributed by atoms with E-state index in [9.17, 15) is 22.8 Å². The number of amides is 1. The van der Waals surface area contributed by atoms with Crippen LogP contribution >= 0.6 is 0 Å². The number of anilines is 1. The van der Waals surface area contributed by atoms with Crippen LogP contribution in [0.2, 0.25) is 0 Å². The largest absolute Gasteiger partial charge is 0.418 e. The molecule has 21 heavy (non-hydrogen) atoms. The van der Waals surface area contributed by atoms with Crippen molar-refractivity contribution in [3.8, 4) is 0 Å². The van der Waals surface area contributed by atoms with Crippen LogP contribution in [0.5, 0.6) is 0 Å². The molecule has 0 heterocycles. The summed E-state index contributed by atoms with van der Waals surface area (Å²) in [5, 5.41) is 2.21. The van der Waals surface area contributed by atoms with Gasteiger partial charge in [-0.1, -0.05) is 18.2 Å². The van der Waals surface area contributed by atoms with Gasteiger partial charge in [-0.05, 0) is 30.3 Å². The molecule has 0 aromatic heterocycles. The van der Waals surface area contributed by atoms with E-state index in [-0.39, 0.29) is 16.8 Å². The molecular weight excluding hydrogens is 283 g/mol. The summed E-state index contributed by atoms with van der Waals surface area (Å²) in [7, 11) is 0. The van der Waals surface area contributed by atoms with Gasteiger partial charge < -0.3 is 5.32 Å². The molecule has 2 aromatic rings. The number of halogens is 3. The fraction of sp³-hybridized carbons (Fsp3) is 0.0667. The molecule has 1 N–H and O–H groups in total. The standard InChI is InChI=1S/C15H10F3NO2/c16-15(17,18)12-8-10(9-20)6-7-13(12)19-14(21)11-4-2-1-3-5-11/h1-9H,(H,19,21). The molecule has 0 unspecified atom stereocenters. The van der Waals surface area contributed by atoms with Crippen LogP contribution in [0.4, 0.5) is 18.9 Å². The van der Waals surface area contributed by atoms with Crippen molar-refractivity contribution in [2.45, 2.75) is 6.18 Å². The van der Waals surface area contributed by atoms with E-state index in [0.717, 1.165) is 6.07 Å². The van der Waals surface area contributed by atoms with Crippen molar-refractivity contribution >= 4 is 17.9 Å². The molecule has 0 radical (unpaired) electrons. The molecule has 3 nitrogen and oxygen atoms in total. The van der Waals surface area contributed by atoms with Gasteiger partial charge in [0.15, 0.2) is 0 Å². The molecule has 0 bridgehead atoms. The maximum absolute atomic E-state index is 13.0. The first-order valence-electron chi connectivity index (χ1n) is 5.94. The number of nitrogens with one attached hydrogen (secondary N) is 1. The average Bonchev–Trinajstić information content (AvgIpc) is 2.47. The lowest BCUT2D eigenvalue weighted by atomic mass is 10.1. The zero-order valence-electron chi connectivity index (χ0n) is 10.6. The summed E-state index contributed by atoms with van der Waals surface area (Å²) in [5.41, 5.74) is -1.32. The van der Waals surface area contributed by atoms with Gasteiger partial charge in [-0.25, -0.2) is 0 Å². The minimum atomic E-state index is -4.67. The minimum Gasteiger partial charge on any atom is -0.321 e. The van der Waals surface area contributed by atoms with E-state index in [1.165, 1.54) is 18.2 Å². The van der Waals surface area contributed by atoms with Crippen molar-refractivity contribution in [2.75, 3.05) is 5.32 Å². The van der Waals surface area contributed by atoms with Crippen molar-refractivity contribution in [3.63, 3.8) is 0 Å². The van der Waals surface area contributed by atoms with E-state index in [0.29, 0.717) is 12.4 Å². The van der Waals surface area contributed by atoms with Crippen LogP contribution in [0.1, 0.15) is 26.3 Å². The number of hydrogen-bond acceptors (Lipinski definition) is 2. The topological polar surface area (TPSA) is 46.2 Å². The Morgan fingerprint density at radius 2 is 1.71 bits per heavy atom. The summed E-state index contributed by atoms with van der Waals surface area (Å²) in [6.45, 7) is 0. The van der Waals surface area contributed by atoms with E-state index < -0.39 is 17.6 Å². The molecule has 2 aromatic carbocycles. The van der Waals surface area contributed by atoms with Gasteiger partial charge in [0.1, 0.15) is 6.29 Å². The van der Waals surface area contributed by atoms with Gasteiger partial charge in [-0.2, -0.15) is 13.2 Å². The lowest BCUT2D eigenvalue weighted by Gasteiger charge is -2.14. The van der Waals surface area contributed by atoms with Crippen LogP contribution in [0.15, 0.2) is 48.5 Å². The number of carbonyl (C=O) groups excluding carboxylic acids is 2. The molecule has 0 fully saturated rings. The number of rotatable bonds is 3. The number of hydrogen-bond donors (Lipinski definition) is 1. The van der Waals surface area contributed by atoms with Crippen LogP contribution in [0, 0.1) is 0 Å². The van der Waals surface area contributed by atoms with Gasteiger partial charge in [0.05, 0.1) is 11.3 Å². The first-order chi connectivity index (χ1) is 9.91. The molecule has 0 aliphatic rings. The van der Waals surface area contributed by atoms with Crippen LogP contribution in [-0.4, -0.2) is 12.2 Å². The van der Waals surface area contributed by atoms with E-state index >= 15 is 0 Å². The molecule has 0 aliphatic carbocycles. The zero-order valence-corrected chi connectivity index (χ0v) is 10.6. The summed E-state index contributed by atoms with van der Waals surface area (Å²) >= 11 is 0. The smallest absolute Gasteiger partial charge is 0.321 e. The Hall–Kier alpha value is -2.63. The van der Waals surface area contributed by atoms with E-state index in [1.54, 1.807) is 18.2 Å². The van der Waals surface area contributed by atoms with Gasteiger partial charge in [0, 0.05) is 11.1 Å². The van der Waals surface area contributed by atoms with E-state index in [1.807, 2.05) is 0 Å². The Balaban J connectivity index is 2.36. The molecular formula is C15H10F3NO2. The fourth-order valence-electron chi connectivity index (χ4n) is 1.76. The second-order valence-electron chi connectivity index (χ2n) is 4.24. The van der Waals surface area contributed by atoms with Gasteiger partial charge >= 0.3 is 6.18 Å². The van der Waals surface area contributed by atoms with Crippen molar-refractivity contribution in [2.24, 2.45) is 0 Å². The average molecular weight is 293 g/mol. The summed E-state index contributed by atoms with van der Waals surface area (Å²) in [6.07, 6.45) is -4.35. The summed E-state index contributed by atoms with van der Waals surface area (Å²) in [5.74, 6) is -0.653. The molecule has 2 rings (SSSR count). The highest BCUT2D eigenvalue weighted by atomic mass is 19.4. The first kappa shape index (κ1) is 14.8. The second kappa shape index (κ2) is 5.78. The minimum absolute atomic E-state index is 0.111. The second-order valence-corrected chi connectivity index (χ2v) is 4.24. The maximum Gasteiger partial charge on any atom is 0.418 e. The molecule has 0 atom stereocenters. The normalized spacial score (nSPS) is 11.0. The SMILES string of the molecule is O=Cc1ccc(NC(=O)c2ccccc2)c(C(F)(F)F)c1. The molecule has 0 spiro atoms. The summed E-state index contributed by atoms with van der Waals surface area (Å²) in [4.78, 5) is 22.5. The molecule has 0 saturated carbocycles. The zero-order chi connectivity index (χ0) is 15.5. The van der Waals surface area contributed by atoms with Crippen LogP contribution < -0.4 is 5.32 Å². The molecule has 108 valence electrons. The van der Waals surface area contributed by atoms with Crippen LogP contribution in [-0.2, 0) is 6.18 Å². The highest BCUT2D eigenvalue weighted by Gasteiger charge is 2.34. The Morgan fingerprint density at radius 3 is 2.29 bits per heavy atom. The van der Waals surface area contributed by atoms with E-state index in [2.05, 4.69) is 5.32 Å². The Kier molecular flexibility index (Phi) is 4.07. The Morgan fingerprint density at radius 1 is 1.05 bits per heavy atom. The lowest BCUT2D eigenvalue weighted by Crippen LogP contribution is -2.17. The monoisotopic (exact) mass is 293 g/mol. The maximum atomic E-state index is 13.0. The molecule has 1 amide bonds. The highest BCUT2D eigenvalue weighted by molar-refractivity contribution is 6.04. The number of benzene rings is 2. The third-order valence-corrected chi connectivity index (χ3v) is 2.77. The first-order valence-corrected chi connectivity index (χ1v) is 5.94. The van der Waals surface area contributed by atoms with Crippen molar-refractivity contribution < 1.29 is 22.8 Å². The number of aldehydes is 1.